The third-order valence-electron chi connectivity index (χ3n) is 3.40. The summed E-state index contributed by atoms with van der Waals surface area (Å²) in [5, 5.41) is 10.8. The number of phenolic OH excluding ortho intramolecular Hbond substituents is 1. The van der Waals surface area contributed by atoms with Crippen LogP contribution in [-0.4, -0.2) is 24.3 Å². The molecule has 0 saturated heterocycles. The van der Waals surface area contributed by atoms with Gasteiger partial charge in [-0.25, -0.2) is 0 Å². The summed E-state index contributed by atoms with van der Waals surface area (Å²) in [6.07, 6.45) is 1.85. The molecule has 1 heterocycles. The summed E-state index contributed by atoms with van der Waals surface area (Å²) in [4.78, 5) is 12.8. The van der Waals surface area contributed by atoms with Crippen molar-refractivity contribution in [3.63, 3.8) is 0 Å². The zero-order valence-corrected chi connectivity index (χ0v) is 12.9. The number of rotatable bonds is 4. The minimum absolute atomic E-state index is 0.102. The molecular formula is C17H14O4S. The normalized spacial score (nSPS) is 10.8. The molecular weight excluding hydrogens is 300 g/mol. The SMILES string of the molecule is COc1ccc(C(=O)c2c(SC)oc3ccc(O)cc23)cc1. The maximum atomic E-state index is 12.8. The third kappa shape index (κ3) is 2.44. The van der Waals surface area contributed by atoms with Crippen molar-refractivity contribution in [3.8, 4) is 11.5 Å². The van der Waals surface area contributed by atoms with E-state index in [4.69, 9.17) is 9.15 Å². The van der Waals surface area contributed by atoms with E-state index >= 15 is 0 Å². The van der Waals surface area contributed by atoms with Crippen molar-refractivity contribution >= 4 is 28.5 Å². The van der Waals surface area contributed by atoms with Gasteiger partial charge in [-0.15, -0.1) is 0 Å². The minimum atomic E-state index is -0.142. The van der Waals surface area contributed by atoms with Crippen LogP contribution in [0.25, 0.3) is 11.0 Å². The maximum absolute atomic E-state index is 12.8. The number of thioether (sulfide) groups is 1. The van der Waals surface area contributed by atoms with Crippen LogP contribution in [0.2, 0.25) is 0 Å². The molecule has 0 unspecified atom stereocenters. The van der Waals surface area contributed by atoms with Crippen LogP contribution in [0.4, 0.5) is 0 Å². The first-order valence-corrected chi connectivity index (χ1v) is 7.84. The van der Waals surface area contributed by atoms with E-state index in [-0.39, 0.29) is 11.5 Å². The van der Waals surface area contributed by atoms with Crippen molar-refractivity contribution in [2.75, 3.05) is 13.4 Å². The van der Waals surface area contributed by atoms with Gasteiger partial charge < -0.3 is 14.3 Å². The molecule has 22 heavy (non-hydrogen) atoms. The van der Waals surface area contributed by atoms with Gasteiger partial charge in [-0.1, -0.05) is 11.8 Å². The van der Waals surface area contributed by atoms with E-state index in [1.165, 1.54) is 17.8 Å². The first kappa shape index (κ1) is 14.5. The highest BCUT2D eigenvalue weighted by molar-refractivity contribution is 7.98. The van der Waals surface area contributed by atoms with E-state index < -0.39 is 0 Å². The fourth-order valence-electron chi connectivity index (χ4n) is 2.31. The van der Waals surface area contributed by atoms with E-state index in [1.54, 1.807) is 43.5 Å². The fourth-order valence-corrected chi connectivity index (χ4v) is 2.89. The van der Waals surface area contributed by atoms with Gasteiger partial charge in [0.2, 0.25) is 0 Å². The Balaban J connectivity index is 2.14. The molecule has 1 aromatic heterocycles. The Hall–Kier alpha value is -2.40. The van der Waals surface area contributed by atoms with Crippen molar-refractivity contribution in [3.05, 3.63) is 53.6 Å². The molecule has 0 bridgehead atoms. The second-order valence-corrected chi connectivity index (χ2v) is 5.49. The van der Waals surface area contributed by atoms with Crippen molar-refractivity contribution in [2.45, 2.75) is 5.09 Å². The van der Waals surface area contributed by atoms with Gasteiger partial charge in [0.05, 0.1) is 12.7 Å². The van der Waals surface area contributed by atoms with E-state index in [0.717, 1.165) is 0 Å². The number of methoxy groups -OCH3 is 1. The summed E-state index contributed by atoms with van der Waals surface area (Å²) in [6.45, 7) is 0. The van der Waals surface area contributed by atoms with Crippen LogP contribution in [0.3, 0.4) is 0 Å². The number of furan rings is 1. The minimum Gasteiger partial charge on any atom is -0.508 e. The van der Waals surface area contributed by atoms with Crippen molar-refractivity contribution in [2.24, 2.45) is 0 Å². The highest BCUT2D eigenvalue weighted by atomic mass is 32.2. The van der Waals surface area contributed by atoms with Gasteiger partial charge in [-0.3, -0.25) is 4.79 Å². The first-order chi connectivity index (χ1) is 10.6. The third-order valence-corrected chi connectivity index (χ3v) is 4.06. The monoisotopic (exact) mass is 314 g/mol. The highest BCUT2D eigenvalue weighted by Crippen LogP contribution is 2.35. The second-order valence-electron chi connectivity index (χ2n) is 4.71. The van der Waals surface area contributed by atoms with E-state index in [9.17, 15) is 9.90 Å². The number of aromatic hydroxyl groups is 1. The Morgan fingerprint density at radius 1 is 1.18 bits per heavy atom. The number of carbonyl (C=O) groups excluding carboxylic acids is 1. The van der Waals surface area contributed by atoms with Crippen molar-refractivity contribution in [1.82, 2.24) is 0 Å². The summed E-state index contributed by atoms with van der Waals surface area (Å²) < 4.78 is 10.8. The van der Waals surface area contributed by atoms with Gasteiger partial charge in [-0.05, 0) is 48.7 Å². The molecule has 0 aliphatic rings. The molecule has 112 valence electrons. The molecule has 4 nitrogen and oxygen atoms in total. The Bertz CT molecular complexity index is 834. The first-order valence-electron chi connectivity index (χ1n) is 6.62. The Kier molecular flexibility index (Phi) is 3.81. The van der Waals surface area contributed by atoms with Crippen LogP contribution in [0.15, 0.2) is 52.0 Å². The Morgan fingerprint density at radius 2 is 1.91 bits per heavy atom. The lowest BCUT2D eigenvalue weighted by molar-refractivity contribution is 0.103. The van der Waals surface area contributed by atoms with Crippen LogP contribution < -0.4 is 4.74 Å². The highest BCUT2D eigenvalue weighted by Gasteiger charge is 2.22. The summed E-state index contributed by atoms with van der Waals surface area (Å²) >= 11 is 1.36. The molecule has 0 radical (unpaired) electrons. The molecule has 3 aromatic rings. The molecule has 0 aliphatic heterocycles. The molecule has 0 atom stereocenters. The molecule has 2 aromatic carbocycles. The average Bonchev–Trinajstić information content (AvgIpc) is 2.92. The lowest BCUT2D eigenvalue weighted by atomic mass is 10.0. The summed E-state index contributed by atoms with van der Waals surface area (Å²) in [5.41, 5.74) is 1.60. The van der Waals surface area contributed by atoms with Gasteiger partial charge in [-0.2, -0.15) is 0 Å². The fraction of sp³-hybridized carbons (Fsp3) is 0.118. The number of hydrogen-bond acceptors (Lipinski definition) is 5. The lowest BCUT2D eigenvalue weighted by Gasteiger charge is -2.03. The van der Waals surface area contributed by atoms with Crippen LogP contribution >= 0.6 is 11.8 Å². The zero-order valence-electron chi connectivity index (χ0n) is 12.1. The van der Waals surface area contributed by atoms with Crippen molar-refractivity contribution in [1.29, 1.82) is 0 Å². The van der Waals surface area contributed by atoms with Gasteiger partial charge in [0.1, 0.15) is 17.1 Å². The predicted molar refractivity (Wildman–Crippen MR) is 86.1 cm³/mol. The molecule has 5 heteroatoms. The number of hydrogen-bond donors (Lipinski definition) is 1. The number of fused-ring (bicyclic) bond motifs is 1. The van der Waals surface area contributed by atoms with Crippen LogP contribution in [-0.2, 0) is 0 Å². The van der Waals surface area contributed by atoms with Gasteiger partial charge in [0.15, 0.2) is 10.9 Å². The molecule has 0 aliphatic carbocycles. The van der Waals surface area contributed by atoms with Gasteiger partial charge in [0.25, 0.3) is 0 Å². The number of phenols is 1. The topological polar surface area (TPSA) is 59.7 Å². The summed E-state index contributed by atoms with van der Waals surface area (Å²) in [5.74, 6) is 0.650. The zero-order chi connectivity index (χ0) is 15.7. The molecule has 3 rings (SSSR count). The van der Waals surface area contributed by atoms with E-state index in [1.807, 2.05) is 6.26 Å². The molecule has 0 spiro atoms. The maximum Gasteiger partial charge on any atom is 0.198 e. The molecule has 0 fully saturated rings. The molecule has 1 N–H and O–H groups in total. The summed E-state index contributed by atoms with van der Waals surface area (Å²) in [6, 6.07) is 11.7. The Labute approximate surface area is 131 Å². The number of ketones is 1. The lowest BCUT2D eigenvalue weighted by Crippen LogP contribution is -2.01. The van der Waals surface area contributed by atoms with Gasteiger partial charge >= 0.3 is 0 Å². The summed E-state index contributed by atoms with van der Waals surface area (Å²) in [7, 11) is 1.58. The average molecular weight is 314 g/mol. The van der Waals surface area contributed by atoms with E-state index in [0.29, 0.717) is 32.9 Å². The van der Waals surface area contributed by atoms with E-state index in [2.05, 4.69) is 0 Å². The van der Waals surface area contributed by atoms with Crippen LogP contribution in [0, 0.1) is 0 Å². The van der Waals surface area contributed by atoms with Crippen LogP contribution in [0.1, 0.15) is 15.9 Å². The standard InChI is InChI=1S/C17H14O4S/c1-20-12-6-3-10(4-7-12)16(19)15-13-9-11(18)5-8-14(13)21-17(15)22-2/h3-9,18H,1-2H3. The quantitative estimate of drug-likeness (QED) is 0.580. The van der Waals surface area contributed by atoms with Crippen LogP contribution in [0.5, 0.6) is 11.5 Å². The largest absolute Gasteiger partial charge is 0.508 e. The molecule has 0 amide bonds. The number of ether oxygens (including phenoxy) is 1. The Morgan fingerprint density at radius 3 is 2.55 bits per heavy atom. The van der Waals surface area contributed by atoms with Crippen molar-refractivity contribution < 1.29 is 19.1 Å². The smallest absolute Gasteiger partial charge is 0.198 e. The predicted octanol–water partition coefficient (Wildman–Crippen LogP) is 4.10. The number of carbonyl (C=O) groups is 1. The molecule has 0 saturated carbocycles. The van der Waals surface area contributed by atoms with Gasteiger partial charge in [0, 0.05) is 10.9 Å². The second kappa shape index (κ2) is 5.77. The number of benzene rings is 2.